The molecule has 6 rings (SSSR count). The molecule has 0 saturated carbocycles. The Balaban J connectivity index is 1.70. The van der Waals surface area contributed by atoms with Crippen molar-refractivity contribution in [2.75, 3.05) is 13.6 Å². The normalized spacial score (nSPS) is 14.2. The molecule has 2 heterocycles. The van der Waals surface area contributed by atoms with Crippen molar-refractivity contribution in [1.29, 1.82) is 0 Å². The van der Waals surface area contributed by atoms with Gasteiger partial charge >= 0.3 is 0 Å². The molecule has 0 amide bonds. The summed E-state index contributed by atoms with van der Waals surface area (Å²) in [4.78, 5) is 0. The predicted octanol–water partition coefficient (Wildman–Crippen LogP) is 5.73. The van der Waals surface area contributed by atoms with Crippen molar-refractivity contribution < 1.29 is 18.9 Å². The molecule has 4 aromatic carbocycles. The maximum Gasteiger partial charge on any atom is 0.231 e. The maximum absolute atomic E-state index is 5.64. The molecule has 4 aromatic rings. The SMILES string of the molecule is Cc1cc(-c2cc(C)cc3cc4c(cc23)OCO4)c2cc3c(cc2c1)OCO3. The standard InChI is InChI=1S/C24H18O4/c1-13-3-15-7-21-23(27-11-25-21)9-17(15)19(5-13)20-6-14(2)4-16-8-22-24(10-18(16)20)28-12-26-22/h3-10H,11-12H2,1-2H3. The van der Waals surface area contributed by atoms with E-state index in [-0.39, 0.29) is 13.6 Å². The molecule has 0 saturated heterocycles. The Morgan fingerprint density at radius 2 is 0.893 bits per heavy atom. The van der Waals surface area contributed by atoms with Crippen LogP contribution in [0.1, 0.15) is 11.1 Å². The van der Waals surface area contributed by atoms with Gasteiger partial charge in [0.1, 0.15) is 0 Å². The van der Waals surface area contributed by atoms with Crippen LogP contribution in [0.25, 0.3) is 32.7 Å². The largest absolute Gasteiger partial charge is 0.454 e. The van der Waals surface area contributed by atoms with E-state index < -0.39 is 0 Å². The van der Waals surface area contributed by atoms with Crippen molar-refractivity contribution in [2.45, 2.75) is 13.8 Å². The first kappa shape index (κ1) is 15.6. The van der Waals surface area contributed by atoms with Gasteiger partial charge in [-0.1, -0.05) is 24.3 Å². The topological polar surface area (TPSA) is 36.9 Å². The van der Waals surface area contributed by atoms with Gasteiger partial charge in [0.25, 0.3) is 0 Å². The van der Waals surface area contributed by atoms with Gasteiger partial charge in [-0.2, -0.15) is 0 Å². The zero-order valence-corrected chi connectivity index (χ0v) is 15.7. The molecule has 4 heteroatoms. The van der Waals surface area contributed by atoms with Crippen LogP contribution in [0, 0.1) is 13.8 Å². The quantitative estimate of drug-likeness (QED) is 0.428. The molecule has 0 fully saturated rings. The van der Waals surface area contributed by atoms with Crippen molar-refractivity contribution in [1.82, 2.24) is 0 Å². The van der Waals surface area contributed by atoms with Crippen molar-refractivity contribution in [3.63, 3.8) is 0 Å². The Hall–Kier alpha value is -3.40. The molecular formula is C24H18O4. The van der Waals surface area contributed by atoms with E-state index in [4.69, 9.17) is 18.9 Å². The van der Waals surface area contributed by atoms with Gasteiger partial charge in [-0.05, 0) is 81.9 Å². The molecule has 0 spiro atoms. The van der Waals surface area contributed by atoms with E-state index in [0.29, 0.717) is 0 Å². The maximum atomic E-state index is 5.64. The number of hydrogen-bond donors (Lipinski definition) is 0. The number of rotatable bonds is 1. The van der Waals surface area contributed by atoms with Crippen molar-refractivity contribution >= 4 is 21.5 Å². The second-order valence-electron chi connectivity index (χ2n) is 7.48. The number of ether oxygens (including phenoxy) is 4. The Morgan fingerprint density at radius 3 is 1.32 bits per heavy atom. The van der Waals surface area contributed by atoms with Crippen molar-refractivity contribution in [3.8, 4) is 34.1 Å². The van der Waals surface area contributed by atoms with Gasteiger partial charge in [-0.25, -0.2) is 0 Å². The van der Waals surface area contributed by atoms with Crippen molar-refractivity contribution in [3.05, 3.63) is 59.7 Å². The van der Waals surface area contributed by atoms with Crippen LogP contribution in [0.3, 0.4) is 0 Å². The van der Waals surface area contributed by atoms with Crippen LogP contribution in [0.15, 0.2) is 48.5 Å². The summed E-state index contributed by atoms with van der Waals surface area (Å²) in [6.45, 7) is 4.80. The number of benzene rings is 4. The van der Waals surface area contributed by atoms with Gasteiger partial charge in [0.15, 0.2) is 23.0 Å². The van der Waals surface area contributed by atoms with E-state index in [9.17, 15) is 0 Å². The Morgan fingerprint density at radius 1 is 0.500 bits per heavy atom. The van der Waals surface area contributed by atoms with Gasteiger partial charge < -0.3 is 18.9 Å². The molecule has 0 aromatic heterocycles. The number of aryl methyl sites for hydroxylation is 2. The summed E-state index contributed by atoms with van der Waals surface area (Å²) in [5, 5.41) is 4.60. The van der Waals surface area contributed by atoms with E-state index >= 15 is 0 Å². The van der Waals surface area contributed by atoms with Gasteiger partial charge in [-0.3, -0.25) is 0 Å². The minimum atomic E-state index is 0.275. The Bertz CT molecular complexity index is 1190. The monoisotopic (exact) mass is 370 g/mol. The highest BCUT2D eigenvalue weighted by Gasteiger charge is 2.20. The van der Waals surface area contributed by atoms with Gasteiger partial charge in [-0.15, -0.1) is 0 Å². The molecule has 2 aliphatic rings. The zero-order valence-electron chi connectivity index (χ0n) is 15.7. The van der Waals surface area contributed by atoms with E-state index in [1.807, 2.05) is 0 Å². The molecular weight excluding hydrogens is 352 g/mol. The molecule has 28 heavy (non-hydrogen) atoms. The number of fused-ring (bicyclic) bond motifs is 4. The molecule has 4 nitrogen and oxygen atoms in total. The average molecular weight is 370 g/mol. The summed E-state index contributed by atoms with van der Waals surface area (Å²) in [5.74, 6) is 3.21. The summed E-state index contributed by atoms with van der Waals surface area (Å²) in [6, 6.07) is 17.2. The van der Waals surface area contributed by atoms with E-state index in [1.54, 1.807) is 0 Å². The lowest BCUT2D eigenvalue weighted by Gasteiger charge is -2.14. The van der Waals surface area contributed by atoms with Gasteiger partial charge in [0.05, 0.1) is 0 Å². The fourth-order valence-electron chi connectivity index (χ4n) is 4.25. The highest BCUT2D eigenvalue weighted by molar-refractivity contribution is 6.07. The van der Waals surface area contributed by atoms with Crippen LogP contribution in [0.4, 0.5) is 0 Å². The molecule has 0 N–H and O–H groups in total. The van der Waals surface area contributed by atoms with Crippen molar-refractivity contribution in [2.24, 2.45) is 0 Å². The van der Waals surface area contributed by atoms with Gasteiger partial charge in [0.2, 0.25) is 13.6 Å². The number of hydrogen-bond acceptors (Lipinski definition) is 4. The third-order valence-electron chi connectivity index (χ3n) is 5.47. The summed E-state index contributed by atoms with van der Waals surface area (Å²) >= 11 is 0. The van der Waals surface area contributed by atoms with Gasteiger partial charge in [0, 0.05) is 0 Å². The summed E-state index contributed by atoms with van der Waals surface area (Å²) in [6.07, 6.45) is 0. The Kier molecular flexibility index (Phi) is 3.10. The van der Waals surface area contributed by atoms with Crippen LogP contribution >= 0.6 is 0 Å². The summed E-state index contributed by atoms with van der Waals surface area (Å²) in [7, 11) is 0. The van der Waals surface area contributed by atoms with Crippen LogP contribution in [0.5, 0.6) is 23.0 Å². The molecule has 0 atom stereocenters. The minimum Gasteiger partial charge on any atom is -0.454 e. The molecule has 0 radical (unpaired) electrons. The molecule has 138 valence electrons. The van der Waals surface area contributed by atoms with Crippen LogP contribution in [0.2, 0.25) is 0 Å². The lowest BCUT2D eigenvalue weighted by Crippen LogP contribution is -1.92. The van der Waals surface area contributed by atoms with E-state index in [1.165, 1.54) is 22.3 Å². The first-order chi connectivity index (χ1) is 13.7. The molecule has 0 bridgehead atoms. The molecule has 0 aliphatic carbocycles. The molecule has 0 unspecified atom stereocenters. The van der Waals surface area contributed by atoms with E-state index in [0.717, 1.165) is 44.5 Å². The van der Waals surface area contributed by atoms with E-state index in [2.05, 4.69) is 62.4 Å². The second kappa shape index (κ2) is 5.55. The van der Waals surface area contributed by atoms with Crippen LogP contribution in [-0.4, -0.2) is 13.6 Å². The highest BCUT2D eigenvalue weighted by Crippen LogP contribution is 2.44. The fraction of sp³-hybridized carbons (Fsp3) is 0.167. The third kappa shape index (κ3) is 2.24. The first-order valence-electron chi connectivity index (χ1n) is 9.34. The lowest BCUT2D eigenvalue weighted by atomic mass is 9.90. The smallest absolute Gasteiger partial charge is 0.231 e. The van der Waals surface area contributed by atoms with Crippen LogP contribution < -0.4 is 18.9 Å². The zero-order chi connectivity index (χ0) is 18.8. The predicted molar refractivity (Wildman–Crippen MR) is 109 cm³/mol. The average Bonchev–Trinajstić information content (AvgIpc) is 3.31. The second-order valence-corrected chi connectivity index (χ2v) is 7.48. The summed E-state index contributed by atoms with van der Waals surface area (Å²) < 4.78 is 22.4. The summed E-state index contributed by atoms with van der Waals surface area (Å²) in [5.41, 5.74) is 4.77. The van der Waals surface area contributed by atoms with Crippen LogP contribution in [-0.2, 0) is 0 Å². The first-order valence-corrected chi connectivity index (χ1v) is 9.34. The lowest BCUT2D eigenvalue weighted by molar-refractivity contribution is 0.173. The minimum absolute atomic E-state index is 0.275. The highest BCUT2D eigenvalue weighted by atomic mass is 16.7. The molecule has 2 aliphatic heterocycles. The Labute approximate surface area is 162 Å². The third-order valence-corrected chi connectivity index (χ3v) is 5.47. The fourth-order valence-corrected chi connectivity index (χ4v) is 4.25.